The first-order valence-corrected chi connectivity index (χ1v) is 6.77. The molecule has 0 aromatic heterocycles. The molecule has 2 amide bonds. The lowest BCUT2D eigenvalue weighted by Gasteiger charge is -2.10. The summed E-state index contributed by atoms with van der Waals surface area (Å²) in [5, 5.41) is 14.6. The number of nitriles is 1. The Bertz CT molecular complexity index is 707. The van der Waals surface area contributed by atoms with Crippen LogP contribution in [0.5, 0.6) is 0 Å². The molecular formula is C16H14ClN3O. The van der Waals surface area contributed by atoms with Gasteiger partial charge in [0, 0.05) is 12.2 Å². The van der Waals surface area contributed by atoms with E-state index in [-0.39, 0.29) is 6.03 Å². The summed E-state index contributed by atoms with van der Waals surface area (Å²) >= 11 is 5.91. The minimum atomic E-state index is -0.320. The SMILES string of the molecule is Cc1ccccc1CNC(=O)Nc1ccc(C#N)c(Cl)c1. The summed E-state index contributed by atoms with van der Waals surface area (Å²) in [4.78, 5) is 11.8. The van der Waals surface area contributed by atoms with Crippen molar-refractivity contribution in [3.63, 3.8) is 0 Å². The molecule has 0 atom stereocenters. The molecule has 0 radical (unpaired) electrons. The molecule has 21 heavy (non-hydrogen) atoms. The Morgan fingerprint density at radius 3 is 2.71 bits per heavy atom. The molecule has 0 aliphatic rings. The van der Waals surface area contributed by atoms with Crippen molar-refractivity contribution in [3.8, 4) is 6.07 Å². The average molecular weight is 300 g/mol. The van der Waals surface area contributed by atoms with Crippen molar-refractivity contribution in [1.82, 2.24) is 5.32 Å². The first-order valence-electron chi connectivity index (χ1n) is 6.39. The van der Waals surface area contributed by atoms with Crippen LogP contribution in [0.15, 0.2) is 42.5 Å². The van der Waals surface area contributed by atoms with Gasteiger partial charge in [0.05, 0.1) is 10.6 Å². The molecule has 0 heterocycles. The fourth-order valence-corrected chi connectivity index (χ4v) is 2.07. The van der Waals surface area contributed by atoms with Crippen LogP contribution < -0.4 is 10.6 Å². The van der Waals surface area contributed by atoms with Gasteiger partial charge in [-0.15, -0.1) is 0 Å². The quantitative estimate of drug-likeness (QED) is 0.904. The number of carbonyl (C=O) groups is 1. The summed E-state index contributed by atoms with van der Waals surface area (Å²) in [5.74, 6) is 0. The molecule has 0 unspecified atom stereocenters. The molecule has 106 valence electrons. The standard InChI is InChI=1S/C16H14ClN3O/c1-11-4-2-3-5-13(11)10-19-16(21)20-14-7-6-12(9-18)15(17)8-14/h2-8H,10H2,1H3,(H2,19,20,21). The van der Waals surface area contributed by atoms with Gasteiger partial charge in [-0.05, 0) is 36.2 Å². The maximum absolute atomic E-state index is 11.8. The van der Waals surface area contributed by atoms with Crippen LogP contribution in [0.2, 0.25) is 5.02 Å². The Hall–Kier alpha value is -2.51. The zero-order valence-electron chi connectivity index (χ0n) is 11.5. The van der Waals surface area contributed by atoms with Crippen LogP contribution in [0.1, 0.15) is 16.7 Å². The zero-order chi connectivity index (χ0) is 15.2. The monoisotopic (exact) mass is 299 g/mol. The number of carbonyl (C=O) groups excluding carboxylic acids is 1. The van der Waals surface area contributed by atoms with Gasteiger partial charge in [0.25, 0.3) is 0 Å². The summed E-state index contributed by atoms with van der Waals surface area (Å²) in [6, 6.07) is 14.3. The number of nitrogens with one attached hydrogen (secondary N) is 2. The van der Waals surface area contributed by atoms with Crippen LogP contribution in [-0.4, -0.2) is 6.03 Å². The Labute approximate surface area is 128 Å². The number of amides is 2. The van der Waals surface area contributed by atoms with Crippen molar-refractivity contribution in [1.29, 1.82) is 5.26 Å². The fourth-order valence-electron chi connectivity index (χ4n) is 1.84. The van der Waals surface area contributed by atoms with E-state index in [0.717, 1.165) is 11.1 Å². The third-order valence-corrected chi connectivity index (χ3v) is 3.36. The number of hydrogen-bond acceptors (Lipinski definition) is 2. The van der Waals surface area contributed by atoms with Crippen LogP contribution in [0.3, 0.4) is 0 Å². The zero-order valence-corrected chi connectivity index (χ0v) is 12.2. The summed E-state index contributed by atoms with van der Waals surface area (Å²) in [7, 11) is 0. The highest BCUT2D eigenvalue weighted by molar-refractivity contribution is 6.32. The molecule has 2 aromatic carbocycles. The Morgan fingerprint density at radius 2 is 2.05 bits per heavy atom. The van der Waals surface area contributed by atoms with Crippen molar-refractivity contribution < 1.29 is 4.79 Å². The molecule has 0 fully saturated rings. The summed E-state index contributed by atoms with van der Waals surface area (Å²) < 4.78 is 0. The van der Waals surface area contributed by atoms with E-state index >= 15 is 0 Å². The van der Waals surface area contributed by atoms with E-state index in [1.165, 1.54) is 0 Å². The van der Waals surface area contributed by atoms with E-state index in [1.54, 1.807) is 18.2 Å². The van der Waals surface area contributed by atoms with E-state index in [1.807, 2.05) is 37.3 Å². The van der Waals surface area contributed by atoms with Gasteiger partial charge in [0.2, 0.25) is 0 Å². The second kappa shape index (κ2) is 6.78. The molecule has 0 spiro atoms. The third-order valence-electron chi connectivity index (χ3n) is 3.05. The number of halogens is 1. The van der Waals surface area contributed by atoms with Gasteiger partial charge in [-0.3, -0.25) is 0 Å². The van der Waals surface area contributed by atoms with Crippen molar-refractivity contribution in [2.45, 2.75) is 13.5 Å². The van der Waals surface area contributed by atoms with E-state index in [0.29, 0.717) is 22.8 Å². The number of aryl methyl sites for hydroxylation is 1. The molecule has 2 N–H and O–H groups in total. The largest absolute Gasteiger partial charge is 0.334 e. The van der Waals surface area contributed by atoms with Gasteiger partial charge >= 0.3 is 6.03 Å². The Balaban J connectivity index is 1.95. The first-order chi connectivity index (χ1) is 10.1. The molecule has 0 aliphatic carbocycles. The smallest absolute Gasteiger partial charge is 0.319 e. The lowest BCUT2D eigenvalue weighted by Crippen LogP contribution is -2.28. The molecule has 2 aromatic rings. The van der Waals surface area contributed by atoms with Crippen LogP contribution >= 0.6 is 11.6 Å². The summed E-state index contributed by atoms with van der Waals surface area (Å²) in [6.07, 6.45) is 0. The molecule has 5 heteroatoms. The Morgan fingerprint density at radius 1 is 1.29 bits per heavy atom. The summed E-state index contributed by atoms with van der Waals surface area (Å²) in [6.45, 7) is 2.44. The van der Waals surface area contributed by atoms with Crippen LogP contribution in [0.25, 0.3) is 0 Å². The number of hydrogen-bond donors (Lipinski definition) is 2. The highest BCUT2D eigenvalue weighted by Gasteiger charge is 2.05. The topological polar surface area (TPSA) is 64.9 Å². The third kappa shape index (κ3) is 3.98. The Kier molecular flexibility index (Phi) is 4.81. The van der Waals surface area contributed by atoms with Crippen LogP contribution in [-0.2, 0) is 6.54 Å². The minimum absolute atomic E-state index is 0.314. The normalized spacial score (nSPS) is 9.76. The second-order valence-corrected chi connectivity index (χ2v) is 4.95. The molecule has 4 nitrogen and oxygen atoms in total. The number of benzene rings is 2. The lowest BCUT2D eigenvalue weighted by atomic mass is 10.1. The van der Waals surface area contributed by atoms with Gasteiger partial charge in [0.15, 0.2) is 0 Å². The predicted octanol–water partition coefficient (Wildman–Crippen LogP) is 3.84. The predicted molar refractivity (Wildman–Crippen MR) is 83.2 cm³/mol. The van der Waals surface area contributed by atoms with Gasteiger partial charge in [-0.25, -0.2) is 4.79 Å². The highest BCUT2D eigenvalue weighted by atomic mass is 35.5. The van der Waals surface area contributed by atoms with Crippen LogP contribution in [0, 0.1) is 18.3 Å². The van der Waals surface area contributed by atoms with Crippen molar-refractivity contribution >= 4 is 23.3 Å². The number of rotatable bonds is 3. The molecule has 2 rings (SSSR count). The van der Waals surface area contributed by atoms with E-state index in [9.17, 15) is 4.79 Å². The number of nitrogens with zero attached hydrogens (tertiary/aromatic N) is 1. The van der Waals surface area contributed by atoms with Crippen molar-refractivity contribution in [2.75, 3.05) is 5.32 Å². The fraction of sp³-hybridized carbons (Fsp3) is 0.125. The van der Waals surface area contributed by atoms with Crippen molar-refractivity contribution in [2.24, 2.45) is 0 Å². The van der Waals surface area contributed by atoms with E-state index in [4.69, 9.17) is 16.9 Å². The van der Waals surface area contributed by atoms with E-state index < -0.39 is 0 Å². The molecular weight excluding hydrogens is 286 g/mol. The number of anilines is 1. The van der Waals surface area contributed by atoms with E-state index in [2.05, 4.69) is 10.6 Å². The summed E-state index contributed by atoms with van der Waals surface area (Å²) in [5.41, 5.74) is 3.11. The maximum atomic E-state index is 11.8. The van der Waals surface area contributed by atoms with Gasteiger partial charge in [-0.1, -0.05) is 35.9 Å². The molecule has 0 bridgehead atoms. The number of urea groups is 1. The average Bonchev–Trinajstić information content (AvgIpc) is 2.46. The maximum Gasteiger partial charge on any atom is 0.319 e. The van der Waals surface area contributed by atoms with Crippen LogP contribution in [0.4, 0.5) is 10.5 Å². The second-order valence-electron chi connectivity index (χ2n) is 4.54. The first kappa shape index (κ1) is 14.9. The molecule has 0 saturated carbocycles. The molecule has 0 aliphatic heterocycles. The van der Waals surface area contributed by atoms with Gasteiger partial charge in [-0.2, -0.15) is 5.26 Å². The van der Waals surface area contributed by atoms with Gasteiger partial charge in [0.1, 0.15) is 6.07 Å². The highest BCUT2D eigenvalue weighted by Crippen LogP contribution is 2.20. The molecule has 0 saturated heterocycles. The van der Waals surface area contributed by atoms with Crippen molar-refractivity contribution in [3.05, 3.63) is 64.2 Å². The van der Waals surface area contributed by atoms with Gasteiger partial charge < -0.3 is 10.6 Å². The minimum Gasteiger partial charge on any atom is -0.334 e. The lowest BCUT2D eigenvalue weighted by molar-refractivity contribution is 0.251.